The minimum atomic E-state index is -4.37. The average Bonchev–Trinajstić information content (AvgIpc) is 3.22. The Hall–Kier alpha value is -2.94. The summed E-state index contributed by atoms with van der Waals surface area (Å²) >= 11 is 0. The Labute approximate surface area is 178 Å². The van der Waals surface area contributed by atoms with Crippen LogP contribution in [-0.4, -0.2) is 45.3 Å². The Bertz CT molecular complexity index is 980. The normalized spacial score (nSPS) is 16.3. The zero-order valence-electron chi connectivity index (χ0n) is 17.2. The number of benzene rings is 2. The number of nitrogens with zero attached hydrogens (tertiary/aromatic N) is 5. The molecule has 9 heteroatoms. The number of hydrogen-bond donors (Lipinski definition) is 0. The molecule has 0 radical (unpaired) electrons. The molecule has 6 nitrogen and oxygen atoms in total. The Kier molecular flexibility index (Phi) is 6.22. The number of likely N-dealkylation sites (tertiary alicyclic amines) is 1. The molecule has 0 amide bonds. The van der Waals surface area contributed by atoms with E-state index in [-0.39, 0.29) is 6.04 Å². The smallest absolute Gasteiger partial charge is 0.416 e. The van der Waals surface area contributed by atoms with Gasteiger partial charge in [-0.15, -0.1) is 5.10 Å². The maximum Gasteiger partial charge on any atom is 0.416 e. The molecule has 1 saturated heterocycles. The Morgan fingerprint density at radius 1 is 0.968 bits per heavy atom. The van der Waals surface area contributed by atoms with E-state index in [1.807, 2.05) is 24.3 Å². The van der Waals surface area contributed by atoms with E-state index in [2.05, 4.69) is 20.4 Å². The lowest BCUT2D eigenvalue weighted by atomic mass is 9.99. The van der Waals surface area contributed by atoms with Crippen molar-refractivity contribution in [2.75, 3.05) is 20.2 Å². The topological polar surface area (TPSA) is 56.1 Å². The van der Waals surface area contributed by atoms with Gasteiger partial charge in [0.15, 0.2) is 5.82 Å². The summed E-state index contributed by atoms with van der Waals surface area (Å²) in [6, 6.07) is 12.7. The third kappa shape index (κ3) is 4.87. The van der Waals surface area contributed by atoms with Crippen LogP contribution in [0.4, 0.5) is 13.2 Å². The minimum absolute atomic E-state index is 0.309. The first-order valence-corrected chi connectivity index (χ1v) is 10.3. The van der Waals surface area contributed by atoms with Gasteiger partial charge in [-0.3, -0.25) is 4.90 Å². The van der Waals surface area contributed by atoms with Crippen LogP contribution in [-0.2, 0) is 12.7 Å². The van der Waals surface area contributed by atoms with Crippen molar-refractivity contribution in [2.45, 2.75) is 38.0 Å². The van der Waals surface area contributed by atoms with E-state index in [0.717, 1.165) is 61.4 Å². The van der Waals surface area contributed by atoms with Crippen LogP contribution in [0.1, 0.15) is 47.8 Å². The molecule has 2 aromatic carbocycles. The van der Waals surface area contributed by atoms with Gasteiger partial charge in [-0.25, -0.2) is 4.68 Å². The number of halogens is 3. The number of tetrazole rings is 1. The van der Waals surface area contributed by atoms with E-state index >= 15 is 0 Å². The molecule has 1 aromatic heterocycles. The standard InChI is InChI=1S/C22H24F3N5O/c1-31-19-11-5-16(6-12-19)15-30-21(26-27-28-30)20(29-13-3-2-4-14-29)17-7-9-18(10-8-17)22(23,24)25/h5-12,20H,2-4,13-15H2,1H3/t20-/m1/s1. The molecule has 0 N–H and O–H groups in total. The van der Waals surface area contributed by atoms with Crippen molar-refractivity contribution in [3.63, 3.8) is 0 Å². The number of ether oxygens (including phenoxy) is 1. The predicted octanol–water partition coefficient (Wildman–Crippen LogP) is 4.32. The maximum atomic E-state index is 13.1. The third-order valence-electron chi connectivity index (χ3n) is 5.61. The van der Waals surface area contributed by atoms with Crippen LogP contribution in [0.3, 0.4) is 0 Å². The Morgan fingerprint density at radius 3 is 2.26 bits per heavy atom. The molecule has 2 heterocycles. The molecule has 3 aromatic rings. The van der Waals surface area contributed by atoms with Crippen LogP contribution in [0.15, 0.2) is 48.5 Å². The Morgan fingerprint density at radius 2 is 1.65 bits per heavy atom. The molecule has 0 unspecified atom stereocenters. The second-order valence-electron chi connectivity index (χ2n) is 7.66. The predicted molar refractivity (Wildman–Crippen MR) is 109 cm³/mol. The third-order valence-corrected chi connectivity index (χ3v) is 5.61. The highest BCUT2D eigenvalue weighted by molar-refractivity contribution is 5.31. The van der Waals surface area contributed by atoms with E-state index in [1.165, 1.54) is 12.1 Å². The molecule has 1 aliphatic rings. The van der Waals surface area contributed by atoms with Crippen molar-refractivity contribution in [1.82, 2.24) is 25.1 Å². The van der Waals surface area contributed by atoms with E-state index < -0.39 is 11.7 Å². The van der Waals surface area contributed by atoms with Gasteiger partial charge in [0.05, 0.1) is 25.3 Å². The van der Waals surface area contributed by atoms with E-state index in [9.17, 15) is 13.2 Å². The Balaban J connectivity index is 1.67. The molecule has 0 aliphatic carbocycles. The van der Waals surface area contributed by atoms with E-state index in [1.54, 1.807) is 11.8 Å². The van der Waals surface area contributed by atoms with Crippen molar-refractivity contribution in [2.24, 2.45) is 0 Å². The van der Waals surface area contributed by atoms with Crippen LogP contribution in [0.5, 0.6) is 5.75 Å². The number of aromatic nitrogens is 4. The van der Waals surface area contributed by atoms with Gasteiger partial charge in [-0.05, 0) is 71.8 Å². The molecule has 1 fully saturated rings. The number of alkyl halides is 3. The van der Waals surface area contributed by atoms with Crippen LogP contribution in [0.25, 0.3) is 0 Å². The van der Waals surface area contributed by atoms with Crippen LogP contribution in [0.2, 0.25) is 0 Å². The molecule has 1 atom stereocenters. The molecule has 0 saturated carbocycles. The van der Waals surface area contributed by atoms with Gasteiger partial charge in [-0.1, -0.05) is 30.7 Å². The first-order chi connectivity index (χ1) is 15.0. The van der Waals surface area contributed by atoms with Crippen molar-refractivity contribution in [3.8, 4) is 5.75 Å². The second kappa shape index (κ2) is 9.05. The van der Waals surface area contributed by atoms with E-state index in [4.69, 9.17) is 4.74 Å². The summed E-state index contributed by atoms with van der Waals surface area (Å²) in [5.74, 6) is 1.38. The van der Waals surface area contributed by atoms with Crippen molar-refractivity contribution in [1.29, 1.82) is 0 Å². The zero-order chi connectivity index (χ0) is 21.8. The summed E-state index contributed by atoms with van der Waals surface area (Å²) in [5, 5.41) is 12.3. The van der Waals surface area contributed by atoms with Gasteiger partial charge in [0.25, 0.3) is 0 Å². The highest BCUT2D eigenvalue weighted by Crippen LogP contribution is 2.33. The van der Waals surface area contributed by atoms with Gasteiger partial charge in [0.2, 0.25) is 0 Å². The van der Waals surface area contributed by atoms with E-state index in [0.29, 0.717) is 12.4 Å². The highest BCUT2D eigenvalue weighted by Gasteiger charge is 2.32. The summed E-state index contributed by atoms with van der Waals surface area (Å²) in [5.41, 5.74) is 1.09. The fourth-order valence-electron chi connectivity index (χ4n) is 3.98. The largest absolute Gasteiger partial charge is 0.497 e. The first kappa shape index (κ1) is 21.3. The van der Waals surface area contributed by atoms with Crippen LogP contribution < -0.4 is 4.74 Å². The fraction of sp³-hybridized carbons (Fsp3) is 0.409. The van der Waals surface area contributed by atoms with Gasteiger partial charge >= 0.3 is 6.18 Å². The lowest BCUT2D eigenvalue weighted by Gasteiger charge is -2.34. The highest BCUT2D eigenvalue weighted by atomic mass is 19.4. The van der Waals surface area contributed by atoms with Crippen LogP contribution in [0, 0.1) is 0 Å². The quantitative estimate of drug-likeness (QED) is 0.582. The molecule has 0 bridgehead atoms. The number of rotatable bonds is 6. The van der Waals surface area contributed by atoms with Crippen molar-refractivity contribution >= 4 is 0 Å². The van der Waals surface area contributed by atoms with Gasteiger partial charge in [-0.2, -0.15) is 13.2 Å². The second-order valence-corrected chi connectivity index (χ2v) is 7.66. The SMILES string of the molecule is COc1ccc(Cn2nnnc2[C@@H](c2ccc(C(F)(F)F)cc2)N2CCCCC2)cc1. The monoisotopic (exact) mass is 431 g/mol. The molecule has 164 valence electrons. The number of piperidine rings is 1. The molecule has 4 rings (SSSR count). The minimum Gasteiger partial charge on any atom is -0.497 e. The molecule has 1 aliphatic heterocycles. The summed E-state index contributed by atoms with van der Waals surface area (Å²) in [4.78, 5) is 2.25. The van der Waals surface area contributed by atoms with Crippen molar-refractivity contribution in [3.05, 3.63) is 71.0 Å². The lowest BCUT2D eigenvalue weighted by molar-refractivity contribution is -0.137. The molecular weight excluding hydrogens is 407 g/mol. The molecule has 0 spiro atoms. The van der Waals surface area contributed by atoms with Gasteiger partial charge in [0, 0.05) is 0 Å². The fourth-order valence-corrected chi connectivity index (χ4v) is 3.98. The summed E-state index contributed by atoms with van der Waals surface area (Å²) in [7, 11) is 1.61. The number of methoxy groups -OCH3 is 1. The zero-order valence-corrected chi connectivity index (χ0v) is 17.2. The molecular formula is C22H24F3N5O. The molecule has 31 heavy (non-hydrogen) atoms. The van der Waals surface area contributed by atoms with Gasteiger partial charge < -0.3 is 4.74 Å². The summed E-state index contributed by atoms with van der Waals surface area (Å²) in [6.45, 7) is 2.15. The summed E-state index contributed by atoms with van der Waals surface area (Å²) < 4.78 is 46.1. The first-order valence-electron chi connectivity index (χ1n) is 10.3. The van der Waals surface area contributed by atoms with Crippen LogP contribution >= 0.6 is 0 Å². The summed E-state index contributed by atoms with van der Waals surface area (Å²) in [6.07, 6.45) is -1.14. The van der Waals surface area contributed by atoms with Crippen molar-refractivity contribution < 1.29 is 17.9 Å². The lowest BCUT2D eigenvalue weighted by Crippen LogP contribution is -2.36. The average molecular weight is 431 g/mol. The van der Waals surface area contributed by atoms with Gasteiger partial charge in [0.1, 0.15) is 5.75 Å². The maximum absolute atomic E-state index is 13.1. The number of hydrogen-bond acceptors (Lipinski definition) is 5.